The van der Waals surface area contributed by atoms with E-state index in [1.165, 1.54) is 11.8 Å². The first kappa shape index (κ1) is 15.4. The molecule has 0 unspecified atom stereocenters. The summed E-state index contributed by atoms with van der Waals surface area (Å²) in [4.78, 5) is 15.3. The minimum atomic E-state index is -0.342. The lowest BCUT2D eigenvalue weighted by Crippen LogP contribution is -1.91. The quantitative estimate of drug-likeness (QED) is 0.532. The van der Waals surface area contributed by atoms with Gasteiger partial charge in [-0.2, -0.15) is 0 Å². The second-order valence-corrected chi connectivity index (χ2v) is 6.20. The van der Waals surface area contributed by atoms with Crippen LogP contribution in [-0.4, -0.2) is 16.5 Å². The highest BCUT2D eigenvalue weighted by atomic mass is 32.2. The van der Waals surface area contributed by atoms with Crippen LogP contribution in [0.25, 0.3) is 10.9 Å². The molecule has 3 aromatic rings. The second kappa shape index (κ2) is 6.34. The molecule has 2 aromatic carbocycles. The van der Waals surface area contributed by atoms with Gasteiger partial charge in [0.25, 0.3) is 0 Å². The lowest BCUT2D eigenvalue weighted by molar-refractivity contribution is -0.386. The number of nitrogens with one attached hydrogen (secondary N) is 1. The van der Waals surface area contributed by atoms with Crippen LogP contribution in [0.1, 0.15) is 12.5 Å². The monoisotopic (exact) mass is 328 g/mol. The summed E-state index contributed by atoms with van der Waals surface area (Å²) in [6.07, 6.45) is 0. The minimum absolute atomic E-state index is 0.0899. The number of hydrogen-bond acceptors (Lipinski definition) is 4. The fourth-order valence-electron chi connectivity index (χ4n) is 2.37. The first-order valence-corrected chi connectivity index (χ1v) is 8.07. The first-order valence-electron chi connectivity index (χ1n) is 7.26. The van der Waals surface area contributed by atoms with Crippen LogP contribution in [0.5, 0.6) is 5.75 Å². The van der Waals surface area contributed by atoms with Gasteiger partial charge in [-0.05, 0) is 44.2 Å². The zero-order valence-electron chi connectivity index (χ0n) is 12.8. The Labute approximate surface area is 137 Å². The zero-order chi connectivity index (χ0) is 16.4. The van der Waals surface area contributed by atoms with Gasteiger partial charge in [-0.15, -0.1) is 0 Å². The van der Waals surface area contributed by atoms with E-state index in [0.29, 0.717) is 22.8 Å². The Kier molecular flexibility index (Phi) is 4.25. The standard InChI is InChI=1S/C17H16N2O3S/c1-3-22-12-6-9-15-14(10-12)16(19(20)21)17(18-15)23-13-7-4-11(2)5-8-13/h4-10,18H,3H2,1-2H3. The summed E-state index contributed by atoms with van der Waals surface area (Å²) in [5.41, 5.74) is 1.98. The molecule has 0 spiro atoms. The average molecular weight is 328 g/mol. The van der Waals surface area contributed by atoms with E-state index >= 15 is 0 Å². The Hall–Kier alpha value is -2.47. The molecule has 0 saturated carbocycles. The number of nitrogens with zero attached hydrogens (tertiary/aromatic N) is 1. The number of fused-ring (bicyclic) bond motifs is 1. The Morgan fingerprint density at radius 2 is 1.96 bits per heavy atom. The number of aromatic amines is 1. The van der Waals surface area contributed by atoms with Crippen molar-refractivity contribution in [2.45, 2.75) is 23.8 Å². The van der Waals surface area contributed by atoms with E-state index in [9.17, 15) is 10.1 Å². The molecular weight excluding hydrogens is 312 g/mol. The lowest BCUT2D eigenvalue weighted by atomic mass is 10.2. The molecule has 5 nitrogen and oxygen atoms in total. The lowest BCUT2D eigenvalue weighted by Gasteiger charge is -2.01. The number of aryl methyl sites for hydroxylation is 1. The van der Waals surface area contributed by atoms with Crippen molar-refractivity contribution in [3.05, 3.63) is 58.1 Å². The molecular formula is C17H16N2O3S. The predicted octanol–water partition coefficient (Wildman–Crippen LogP) is 4.93. The Morgan fingerprint density at radius 1 is 1.22 bits per heavy atom. The van der Waals surface area contributed by atoms with Crippen LogP contribution in [-0.2, 0) is 0 Å². The molecule has 0 fully saturated rings. The van der Waals surface area contributed by atoms with Gasteiger partial charge in [-0.3, -0.25) is 10.1 Å². The van der Waals surface area contributed by atoms with Crippen molar-refractivity contribution < 1.29 is 9.66 Å². The highest BCUT2D eigenvalue weighted by Crippen LogP contribution is 2.40. The third-order valence-electron chi connectivity index (χ3n) is 3.44. The molecule has 1 heterocycles. The summed E-state index contributed by atoms with van der Waals surface area (Å²) in [7, 11) is 0. The first-order chi connectivity index (χ1) is 11.1. The average Bonchev–Trinajstić information content (AvgIpc) is 2.87. The maximum Gasteiger partial charge on any atom is 0.308 e. The van der Waals surface area contributed by atoms with Gasteiger partial charge in [0.1, 0.15) is 5.75 Å². The van der Waals surface area contributed by atoms with E-state index in [1.54, 1.807) is 6.07 Å². The molecule has 1 N–H and O–H groups in total. The van der Waals surface area contributed by atoms with Crippen molar-refractivity contribution in [1.29, 1.82) is 0 Å². The van der Waals surface area contributed by atoms with Crippen molar-refractivity contribution in [2.75, 3.05) is 6.61 Å². The van der Waals surface area contributed by atoms with Gasteiger partial charge in [0, 0.05) is 4.90 Å². The third-order valence-corrected chi connectivity index (χ3v) is 4.45. The highest BCUT2D eigenvalue weighted by molar-refractivity contribution is 7.99. The number of benzene rings is 2. The van der Waals surface area contributed by atoms with Crippen molar-refractivity contribution in [3.63, 3.8) is 0 Å². The van der Waals surface area contributed by atoms with E-state index < -0.39 is 0 Å². The maximum absolute atomic E-state index is 11.5. The smallest absolute Gasteiger partial charge is 0.308 e. The number of rotatable bonds is 5. The molecule has 0 amide bonds. The summed E-state index contributed by atoms with van der Waals surface area (Å²) in [6, 6.07) is 13.2. The molecule has 0 bridgehead atoms. The number of hydrogen-bond donors (Lipinski definition) is 1. The molecule has 1 aromatic heterocycles. The SMILES string of the molecule is CCOc1ccc2[nH]c(Sc3ccc(C)cc3)c([N+](=O)[O-])c2c1. The van der Waals surface area contributed by atoms with E-state index in [0.717, 1.165) is 16.0 Å². The van der Waals surface area contributed by atoms with E-state index in [1.807, 2.05) is 50.2 Å². The summed E-state index contributed by atoms with van der Waals surface area (Å²) in [5, 5.41) is 12.6. The fraction of sp³-hybridized carbons (Fsp3) is 0.176. The molecule has 3 rings (SSSR count). The van der Waals surface area contributed by atoms with Gasteiger partial charge in [-0.25, -0.2) is 0 Å². The Morgan fingerprint density at radius 3 is 2.61 bits per heavy atom. The summed E-state index contributed by atoms with van der Waals surface area (Å²) < 4.78 is 5.45. The van der Waals surface area contributed by atoms with Crippen LogP contribution < -0.4 is 4.74 Å². The summed E-state index contributed by atoms with van der Waals surface area (Å²) in [6.45, 7) is 4.41. The molecule has 0 aliphatic rings. The fourth-order valence-corrected chi connectivity index (χ4v) is 3.32. The van der Waals surface area contributed by atoms with Crippen LogP contribution in [0.4, 0.5) is 5.69 Å². The van der Waals surface area contributed by atoms with Crippen molar-refractivity contribution in [1.82, 2.24) is 4.98 Å². The number of ether oxygens (including phenoxy) is 1. The normalized spacial score (nSPS) is 10.9. The van der Waals surface area contributed by atoms with Crippen LogP contribution in [0, 0.1) is 17.0 Å². The molecule has 0 saturated heterocycles. The second-order valence-electron chi connectivity index (χ2n) is 5.12. The highest BCUT2D eigenvalue weighted by Gasteiger charge is 2.23. The van der Waals surface area contributed by atoms with Crippen molar-refractivity contribution in [3.8, 4) is 5.75 Å². The van der Waals surface area contributed by atoms with Gasteiger partial charge in [0.05, 0.1) is 22.4 Å². The van der Waals surface area contributed by atoms with Gasteiger partial charge in [0.15, 0.2) is 5.03 Å². The Bertz CT molecular complexity index is 856. The number of nitro groups is 1. The molecule has 0 aliphatic heterocycles. The van der Waals surface area contributed by atoms with Crippen molar-refractivity contribution >= 4 is 28.4 Å². The molecule has 118 valence electrons. The summed E-state index contributed by atoms with van der Waals surface area (Å²) in [5.74, 6) is 0.633. The van der Waals surface area contributed by atoms with Crippen LogP contribution in [0.3, 0.4) is 0 Å². The molecule has 6 heteroatoms. The van der Waals surface area contributed by atoms with Gasteiger partial charge in [-0.1, -0.05) is 29.5 Å². The third kappa shape index (κ3) is 3.17. The minimum Gasteiger partial charge on any atom is -0.494 e. The molecule has 0 aliphatic carbocycles. The van der Waals surface area contributed by atoms with Crippen molar-refractivity contribution in [2.24, 2.45) is 0 Å². The predicted molar refractivity (Wildman–Crippen MR) is 91.4 cm³/mol. The molecule has 23 heavy (non-hydrogen) atoms. The van der Waals surface area contributed by atoms with E-state index in [2.05, 4.69) is 4.98 Å². The largest absolute Gasteiger partial charge is 0.494 e. The van der Waals surface area contributed by atoms with Gasteiger partial charge < -0.3 is 9.72 Å². The van der Waals surface area contributed by atoms with E-state index in [-0.39, 0.29) is 10.6 Å². The molecule has 0 radical (unpaired) electrons. The molecule has 0 atom stereocenters. The maximum atomic E-state index is 11.5. The van der Waals surface area contributed by atoms with Gasteiger partial charge >= 0.3 is 5.69 Å². The van der Waals surface area contributed by atoms with E-state index in [4.69, 9.17) is 4.74 Å². The van der Waals surface area contributed by atoms with Crippen LogP contribution in [0.15, 0.2) is 52.4 Å². The Balaban J connectivity index is 2.06. The zero-order valence-corrected chi connectivity index (χ0v) is 13.6. The number of H-pyrrole nitrogens is 1. The van der Waals surface area contributed by atoms with Gasteiger partial charge in [0.2, 0.25) is 0 Å². The number of aromatic nitrogens is 1. The topological polar surface area (TPSA) is 68.2 Å². The van der Waals surface area contributed by atoms with Crippen LogP contribution in [0.2, 0.25) is 0 Å². The summed E-state index contributed by atoms with van der Waals surface area (Å²) >= 11 is 1.36. The van der Waals surface area contributed by atoms with Crippen LogP contribution >= 0.6 is 11.8 Å².